The third-order valence-electron chi connectivity index (χ3n) is 2.66. The molecule has 1 saturated carbocycles. The van der Waals surface area contributed by atoms with Crippen molar-refractivity contribution in [1.82, 2.24) is 0 Å². The van der Waals surface area contributed by atoms with Gasteiger partial charge in [0.1, 0.15) is 15.6 Å². The number of carbonyl (C=O) groups excluding carboxylic acids is 1. The second-order valence-corrected chi connectivity index (χ2v) is 6.74. The van der Waals surface area contributed by atoms with Crippen molar-refractivity contribution in [2.24, 2.45) is 11.7 Å². The van der Waals surface area contributed by atoms with E-state index >= 15 is 0 Å². The first kappa shape index (κ1) is 12.6. The van der Waals surface area contributed by atoms with Gasteiger partial charge in [-0.2, -0.15) is 0 Å². The first-order valence-electron chi connectivity index (χ1n) is 5.33. The molecule has 1 rings (SSSR count). The third kappa shape index (κ3) is 5.89. The second-order valence-electron chi connectivity index (χ2n) is 4.48. The van der Waals surface area contributed by atoms with E-state index in [1.165, 1.54) is 6.26 Å². The van der Waals surface area contributed by atoms with Crippen LogP contribution in [0.15, 0.2) is 0 Å². The Morgan fingerprint density at radius 3 is 2.53 bits per heavy atom. The highest BCUT2D eigenvalue weighted by atomic mass is 32.2. The molecule has 15 heavy (non-hydrogen) atoms. The van der Waals surface area contributed by atoms with Crippen molar-refractivity contribution in [1.29, 1.82) is 0 Å². The number of hydrogen-bond acceptors (Lipinski definition) is 4. The van der Waals surface area contributed by atoms with Crippen LogP contribution in [-0.4, -0.2) is 32.3 Å². The summed E-state index contributed by atoms with van der Waals surface area (Å²) in [6, 6.07) is -0.00395. The average Bonchev–Trinajstić information content (AvgIpc) is 2.82. The highest BCUT2D eigenvalue weighted by Gasteiger charge is 2.29. The molecule has 88 valence electrons. The SMILES string of the molecule is CS(=O)(=O)CCCC(=O)CC(N)C1CC1. The van der Waals surface area contributed by atoms with Crippen molar-refractivity contribution in [3.05, 3.63) is 0 Å². The summed E-state index contributed by atoms with van der Waals surface area (Å²) in [5.74, 6) is 0.721. The van der Waals surface area contributed by atoms with Crippen LogP contribution in [-0.2, 0) is 14.6 Å². The normalized spacial score (nSPS) is 18.8. The lowest BCUT2D eigenvalue weighted by molar-refractivity contribution is -0.119. The van der Waals surface area contributed by atoms with Crippen molar-refractivity contribution in [3.8, 4) is 0 Å². The van der Waals surface area contributed by atoms with Crippen molar-refractivity contribution in [2.75, 3.05) is 12.0 Å². The summed E-state index contributed by atoms with van der Waals surface area (Å²) in [6.45, 7) is 0. The molecule has 1 atom stereocenters. The van der Waals surface area contributed by atoms with Crippen LogP contribution >= 0.6 is 0 Å². The van der Waals surface area contributed by atoms with Crippen LogP contribution in [0, 0.1) is 5.92 Å². The number of nitrogens with two attached hydrogens (primary N) is 1. The molecule has 1 fully saturated rings. The molecule has 0 aliphatic heterocycles. The van der Waals surface area contributed by atoms with E-state index < -0.39 is 9.84 Å². The van der Waals surface area contributed by atoms with E-state index in [2.05, 4.69) is 0 Å². The number of hydrogen-bond donors (Lipinski definition) is 1. The maximum Gasteiger partial charge on any atom is 0.147 e. The highest BCUT2D eigenvalue weighted by Crippen LogP contribution is 2.32. The molecule has 0 saturated heterocycles. The van der Waals surface area contributed by atoms with Crippen LogP contribution in [0.3, 0.4) is 0 Å². The van der Waals surface area contributed by atoms with Crippen molar-refractivity contribution < 1.29 is 13.2 Å². The number of ketones is 1. The largest absolute Gasteiger partial charge is 0.327 e. The first-order valence-corrected chi connectivity index (χ1v) is 7.39. The monoisotopic (exact) mass is 233 g/mol. The van der Waals surface area contributed by atoms with Crippen molar-refractivity contribution in [2.45, 2.75) is 38.1 Å². The molecule has 0 spiro atoms. The molecular weight excluding hydrogens is 214 g/mol. The topological polar surface area (TPSA) is 77.2 Å². The molecule has 0 heterocycles. The van der Waals surface area contributed by atoms with Crippen molar-refractivity contribution >= 4 is 15.6 Å². The zero-order valence-corrected chi connectivity index (χ0v) is 9.92. The van der Waals surface area contributed by atoms with Gasteiger partial charge in [-0.1, -0.05) is 0 Å². The van der Waals surface area contributed by atoms with Gasteiger partial charge < -0.3 is 5.73 Å². The summed E-state index contributed by atoms with van der Waals surface area (Å²) in [4.78, 5) is 11.4. The Morgan fingerprint density at radius 1 is 1.47 bits per heavy atom. The predicted octanol–water partition coefficient (Wildman–Crippen LogP) is 0.508. The summed E-state index contributed by atoms with van der Waals surface area (Å²) in [7, 11) is -2.94. The van der Waals surface area contributed by atoms with Gasteiger partial charge in [0.05, 0.1) is 5.75 Å². The minimum Gasteiger partial charge on any atom is -0.327 e. The lowest BCUT2D eigenvalue weighted by Gasteiger charge is -2.08. The molecule has 0 aromatic rings. The molecule has 0 aromatic carbocycles. The summed E-state index contributed by atoms with van der Waals surface area (Å²) >= 11 is 0. The van der Waals surface area contributed by atoms with E-state index in [0.29, 0.717) is 25.2 Å². The van der Waals surface area contributed by atoms with Crippen LogP contribution in [0.5, 0.6) is 0 Å². The maximum atomic E-state index is 11.4. The van der Waals surface area contributed by atoms with Gasteiger partial charge in [0, 0.05) is 25.1 Å². The number of Topliss-reactive ketones (excluding diaryl/α,β-unsaturated/α-hetero) is 1. The lowest BCUT2D eigenvalue weighted by atomic mass is 10.0. The standard InChI is InChI=1S/C10H19NO3S/c1-15(13,14)6-2-3-9(12)7-10(11)8-4-5-8/h8,10H,2-7,11H2,1H3. The Labute approximate surface area is 91.1 Å². The second kappa shape index (κ2) is 5.07. The van der Waals surface area contributed by atoms with Gasteiger partial charge in [0.15, 0.2) is 0 Å². The van der Waals surface area contributed by atoms with E-state index in [-0.39, 0.29) is 17.6 Å². The quantitative estimate of drug-likeness (QED) is 0.695. The zero-order valence-electron chi connectivity index (χ0n) is 9.11. The summed E-state index contributed by atoms with van der Waals surface area (Å²) in [5.41, 5.74) is 5.80. The van der Waals surface area contributed by atoms with E-state index in [0.717, 1.165) is 12.8 Å². The first-order chi connectivity index (χ1) is 6.88. The molecular formula is C10H19NO3S. The summed E-state index contributed by atoms with van der Waals surface area (Å²) in [6.07, 6.45) is 4.64. The van der Waals surface area contributed by atoms with E-state index in [9.17, 15) is 13.2 Å². The number of carbonyl (C=O) groups is 1. The average molecular weight is 233 g/mol. The van der Waals surface area contributed by atoms with E-state index in [1.54, 1.807) is 0 Å². The van der Waals surface area contributed by atoms with Crippen LogP contribution in [0.25, 0.3) is 0 Å². The van der Waals surface area contributed by atoms with Crippen LogP contribution < -0.4 is 5.73 Å². The Hall–Kier alpha value is -0.420. The van der Waals surface area contributed by atoms with Gasteiger partial charge in [-0.3, -0.25) is 4.79 Å². The fourth-order valence-electron chi connectivity index (χ4n) is 1.59. The summed E-state index contributed by atoms with van der Waals surface area (Å²) < 4.78 is 21.6. The van der Waals surface area contributed by atoms with Gasteiger partial charge in [-0.15, -0.1) is 0 Å². The summed E-state index contributed by atoms with van der Waals surface area (Å²) in [5, 5.41) is 0. The minimum absolute atomic E-state index is 0.00395. The smallest absolute Gasteiger partial charge is 0.147 e. The molecule has 0 aromatic heterocycles. The molecule has 1 unspecified atom stereocenters. The fourth-order valence-corrected chi connectivity index (χ4v) is 2.26. The fraction of sp³-hybridized carbons (Fsp3) is 0.900. The number of rotatable bonds is 7. The Morgan fingerprint density at radius 2 is 2.07 bits per heavy atom. The van der Waals surface area contributed by atoms with Gasteiger partial charge in [0.2, 0.25) is 0 Å². The predicted molar refractivity (Wildman–Crippen MR) is 59.3 cm³/mol. The Balaban J connectivity index is 2.13. The third-order valence-corrected chi connectivity index (χ3v) is 3.69. The molecule has 4 nitrogen and oxygen atoms in total. The molecule has 5 heteroatoms. The highest BCUT2D eigenvalue weighted by molar-refractivity contribution is 7.90. The van der Waals surface area contributed by atoms with E-state index in [1.807, 2.05) is 0 Å². The van der Waals surface area contributed by atoms with Gasteiger partial charge in [0.25, 0.3) is 0 Å². The Kier molecular flexibility index (Phi) is 4.28. The lowest BCUT2D eigenvalue weighted by Crippen LogP contribution is -2.26. The van der Waals surface area contributed by atoms with Crippen molar-refractivity contribution in [3.63, 3.8) is 0 Å². The molecule has 1 aliphatic rings. The number of sulfone groups is 1. The van der Waals surface area contributed by atoms with Crippen LogP contribution in [0.1, 0.15) is 32.1 Å². The van der Waals surface area contributed by atoms with Crippen LogP contribution in [0.4, 0.5) is 0 Å². The molecule has 1 aliphatic carbocycles. The van der Waals surface area contributed by atoms with Gasteiger partial charge >= 0.3 is 0 Å². The maximum absolute atomic E-state index is 11.4. The molecule has 2 N–H and O–H groups in total. The Bertz CT molecular complexity index is 320. The van der Waals surface area contributed by atoms with Gasteiger partial charge in [-0.25, -0.2) is 8.42 Å². The zero-order chi connectivity index (χ0) is 11.5. The van der Waals surface area contributed by atoms with E-state index in [4.69, 9.17) is 5.73 Å². The molecule has 0 radical (unpaired) electrons. The van der Waals surface area contributed by atoms with Gasteiger partial charge in [-0.05, 0) is 25.2 Å². The minimum atomic E-state index is -2.94. The van der Waals surface area contributed by atoms with Crippen LogP contribution in [0.2, 0.25) is 0 Å². The molecule has 0 bridgehead atoms. The molecule has 0 amide bonds.